The van der Waals surface area contributed by atoms with E-state index in [0.29, 0.717) is 13.0 Å². The minimum absolute atomic E-state index is 0.144. The van der Waals surface area contributed by atoms with E-state index in [9.17, 15) is 19.5 Å². The van der Waals surface area contributed by atoms with E-state index in [0.717, 1.165) is 31.1 Å². The molecule has 1 spiro atoms. The van der Waals surface area contributed by atoms with Crippen LogP contribution in [0.25, 0.3) is 0 Å². The number of anilines is 1. The van der Waals surface area contributed by atoms with Crippen molar-refractivity contribution in [3.05, 3.63) is 11.1 Å². The van der Waals surface area contributed by atoms with Crippen molar-refractivity contribution in [3.63, 3.8) is 0 Å². The molecule has 2 fully saturated rings. The zero-order valence-corrected chi connectivity index (χ0v) is 14.2. The molecule has 0 saturated carbocycles. The first-order valence-corrected chi connectivity index (χ1v) is 8.70. The van der Waals surface area contributed by atoms with Gasteiger partial charge < -0.3 is 20.6 Å². The van der Waals surface area contributed by atoms with E-state index in [2.05, 4.69) is 9.88 Å². The summed E-state index contributed by atoms with van der Waals surface area (Å²) in [5.41, 5.74) is 5.36. The van der Waals surface area contributed by atoms with Crippen molar-refractivity contribution < 1.29 is 19.5 Å². The minimum atomic E-state index is -0.935. The molecule has 9 heteroatoms. The van der Waals surface area contributed by atoms with Crippen LogP contribution in [0.15, 0.2) is 5.38 Å². The SMILES string of the molecule is CC(=O)N1CC2(CCN(c3nc(C(N)=O)cs3)CC2)CC1C(=O)O. The lowest BCUT2D eigenvalue weighted by Gasteiger charge is -2.39. The molecule has 3 N–H and O–H groups in total. The summed E-state index contributed by atoms with van der Waals surface area (Å²) in [6.45, 7) is 3.37. The lowest BCUT2D eigenvalue weighted by Crippen LogP contribution is -2.42. The number of aliphatic carboxylic acids is 1. The molecule has 24 heavy (non-hydrogen) atoms. The number of carbonyl (C=O) groups is 3. The second-order valence-corrected chi connectivity index (χ2v) is 7.41. The molecule has 0 aliphatic carbocycles. The van der Waals surface area contributed by atoms with Crippen LogP contribution in [-0.2, 0) is 9.59 Å². The second-order valence-electron chi connectivity index (χ2n) is 6.57. The monoisotopic (exact) mass is 352 g/mol. The van der Waals surface area contributed by atoms with Gasteiger partial charge in [0, 0.05) is 31.9 Å². The number of piperidine rings is 1. The predicted molar refractivity (Wildman–Crippen MR) is 87.9 cm³/mol. The smallest absolute Gasteiger partial charge is 0.326 e. The van der Waals surface area contributed by atoms with Crippen LogP contribution in [0.3, 0.4) is 0 Å². The molecule has 0 bridgehead atoms. The molecule has 0 aromatic carbocycles. The lowest BCUT2D eigenvalue weighted by molar-refractivity contribution is -0.147. The van der Waals surface area contributed by atoms with Crippen LogP contribution in [0.5, 0.6) is 0 Å². The largest absolute Gasteiger partial charge is 0.480 e. The van der Waals surface area contributed by atoms with E-state index >= 15 is 0 Å². The normalized spacial score (nSPS) is 22.8. The van der Waals surface area contributed by atoms with Crippen molar-refractivity contribution >= 4 is 34.3 Å². The number of carbonyl (C=O) groups excluding carboxylic acids is 2. The van der Waals surface area contributed by atoms with E-state index < -0.39 is 17.9 Å². The van der Waals surface area contributed by atoms with Crippen LogP contribution in [0.1, 0.15) is 36.7 Å². The Labute approximate surface area is 143 Å². The fraction of sp³-hybridized carbons (Fsp3) is 0.600. The van der Waals surface area contributed by atoms with E-state index in [1.165, 1.54) is 23.2 Å². The Morgan fingerprint density at radius 1 is 1.38 bits per heavy atom. The number of likely N-dealkylation sites (tertiary alicyclic amines) is 1. The Morgan fingerprint density at radius 3 is 2.50 bits per heavy atom. The average molecular weight is 352 g/mol. The highest BCUT2D eigenvalue weighted by molar-refractivity contribution is 7.13. The van der Waals surface area contributed by atoms with Gasteiger partial charge in [-0.15, -0.1) is 11.3 Å². The summed E-state index contributed by atoms with van der Waals surface area (Å²) >= 11 is 1.38. The summed E-state index contributed by atoms with van der Waals surface area (Å²) in [4.78, 5) is 42.2. The van der Waals surface area contributed by atoms with Crippen molar-refractivity contribution in [3.8, 4) is 0 Å². The molecule has 3 rings (SSSR count). The summed E-state index contributed by atoms with van der Waals surface area (Å²) in [7, 11) is 0. The Kier molecular flexibility index (Phi) is 4.20. The number of hydrogen-bond acceptors (Lipinski definition) is 6. The first kappa shape index (κ1) is 16.7. The van der Waals surface area contributed by atoms with Crippen LogP contribution in [-0.4, -0.2) is 58.5 Å². The summed E-state index contributed by atoms with van der Waals surface area (Å²) in [6.07, 6.45) is 2.10. The van der Waals surface area contributed by atoms with E-state index in [4.69, 9.17) is 5.73 Å². The molecule has 3 heterocycles. The summed E-state index contributed by atoms with van der Waals surface area (Å²) in [5.74, 6) is -1.66. The van der Waals surface area contributed by atoms with Gasteiger partial charge in [0.2, 0.25) is 5.91 Å². The number of amides is 2. The molecule has 8 nitrogen and oxygen atoms in total. The highest BCUT2D eigenvalue weighted by Gasteiger charge is 2.49. The molecule has 130 valence electrons. The molecule has 2 aliphatic heterocycles. The number of carboxylic acid groups (broad SMARTS) is 1. The number of nitrogens with two attached hydrogens (primary N) is 1. The second kappa shape index (κ2) is 6.04. The third-order valence-electron chi connectivity index (χ3n) is 5.04. The molecule has 1 aromatic heterocycles. The molecule has 2 aliphatic rings. The highest BCUT2D eigenvalue weighted by atomic mass is 32.1. The number of rotatable bonds is 3. The number of thiazole rings is 1. The fourth-order valence-corrected chi connectivity index (χ4v) is 4.53. The maximum atomic E-state index is 11.7. The lowest BCUT2D eigenvalue weighted by atomic mass is 9.76. The van der Waals surface area contributed by atoms with Crippen LogP contribution in [0.2, 0.25) is 0 Å². The van der Waals surface area contributed by atoms with Gasteiger partial charge in [0.25, 0.3) is 5.91 Å². The van der Waals surface area contributed by atoms with Gasteiger partial charge in [-0.05, 0) is 24.7 Å². The van der Waals surface area contributed by atoms with Crippen LogP contribution in [0.4, 0.5) is 5.13 Å². The molecule has 0 radical (unpaired) electrons. The van der Waals surface area contributed by atoms with Crippen LogP contribution < -0.4 is 10.6 Å². The minimum Gasteiger partial charge on any atom is -0.480 e. The molecule has 1 atom stereocenters. The van der Waals surface area contributed by atoms with Crippen molar-refractivity contribution in [2.75, 3.05) is 24.5 Å². The predicted octanol–water partition coefficient (Wildman–Crippen LogP) is 0.534. The van der Waals surface area contributed by atoms with Crippen LogP contribution in [0, 0.1) is 5.41 Å². The number of carboxylic acids is 1. The Balaban J connectivity index is 1.69. The summed E-state index contributed by atoms with van der Waals surface area (Å²) in [5, 5.41) is 11.8. The van der Waals surface area contributed by atoms with Crippen molar-refractivity contribution in [1.29, 1.82) is 0 Å². The molecular weight excluding hydrogens is 332 g/mol. The number of aromatic nitrogens is 1. The van der Waals surface area contributed by atoms with Crippen LogP contribution >= 0.6 is 11.3 Å². The molecule has 1 unspecified atom stereocenters. The first-order valence-electron chi connectivity index (χ1n) is 7.82. The quantitative estimate of drug-likeness (QED) is 0.820. The average Bonchev–Trinajstić information content (AvgIpc) is 3.14. The van der Waals surface area contributed by atoms with Crippen molar-refractivity contribution in [2.45, 2.75) is 32.2 Å². The van der Waals surface area contributed by atoms with E-state index in [1.54, 1.807) is 5.38 Å². The van der Waals surface area contributed by atoms with Crippen molar-refractivity contribution in [1.82, 2.24) is 9.88 Å². The molecule has 2 saturated heterocycles. The molecule has 1 aromatic rings. The van der Waals surface area contributed by atoms with E-state index in [-0.39, 0.29) is 17.0 Å². The zero-order valence-electron chi connectivity index (χ0n) is 13.4. The Morgan fingerprint density at radius 2 is 2.04 bits per heavy atom. The van der Waals surface area contributed by atoms with Gasteiger partial charge in [0.05, 0.1) is 0 Å². The molecule has 2 amide bonds. The third kappa shape index (κ3) is 2.95. The maximum Gasteiger partial charge on any atom is 0.326 e. The fourth-order valence-electron chi connectivity index (χ4n) is 3.67. The van der Waals surface area contributed by atoms with Crippen molar-refractivity contribution in [2.24, 2.45) is 11.1 Å². The summed E-state index contributed by atoms with van der Waals surface area (Å²) in [6, 6.07) is -0.727. The van der Waals surface area contributed by atoms with E-state index in [1.807, 2.05) is 0 Å². The van der Waals surface area contributed by atoms with Gasteiger partial charge >= 0.3 is 5.97 Å². The van der Waals surface area contributed by atoms with Gasteiger partial charge in [0.15, 0.2) is 5.13 Å². The highest BCUT2D eigenvalue weighted by Crippen LogP contribution is 2.44. The number of hydrogen-bond donors (Lipinski definition) is 2. The number of nitrogens with zero attached hydrogens (tertiary/aromatic N) is 3. The Hall–Kier alpha value is -2.16. The first-order chi connectivity index (χ1) is 11.3. The zero-order chi connectivity index (χ0) is 17.5. The van der Waals surface area contributed by atoms with Gasteiger partial charge in [0.1, 0.15) is 11.7 Å². The Bertz CT molecular complexity index is 657. The maximum absolute atomic E-state index is 11.7. The topological polar surface area (TPSA) is 117 Å². The van der Waals surface area contributed by atoms with Gasteiger partial charge in [-0.3, -0.25) is 9.59 Å². The van der Waals surface area contributed by atoms with Gasteiger partial charge in [-0.25, -0.2) is 9.78 Å². The standard InChI is InChI=1S/C15H20N4O4S/c1-9(20)19-8-15(6-11(19)13(22)23)2-4-18(5-3-15)14-17-10(7-24-14)12(16)21/h7,11H,2-6,8H2,1H3,(H2,16,21)(H,22,23). The third-order valence-corrected chi connectivity index (χ3v) is 5.94. The number of primary amides is 1. The van der Waals surface area contributed by atoms with Gasteiger partial charge in [-0.2, -0.15) is 0 Å². The summed E-state index contributed by atoms with van der Waals surface area (Å²) < 4.78 is 0. The van der Waals surface area contributed by atoms with Gasteiger partial charge in [-0.1, -0.05) is 0 Å². The molecular formula is C15H20N4O4S.